The number of anilines is 1. The van der Waals surface area contributed by atoms with E-state index in [-0.39, 0.29) is 36.6 Å². The van der Waals surface area contributed by atoms with E-state index in [4.69, 9.17) is 4.52 Å². The minimum atomic E-state index is -0.317. The highest BCUT2D eigenvalue weighted by Gasteiger charge is 2.34. The van der Waals surface area contributed by atoms with Gasteiger partial charge < -0.3 is 4.52 Å². The van der Waals surface area contributed by atoms with Crippen molar-refractivity contribution in [2.45, 2.75) is 19.8 Å². The molecule has 0 bridgehead atoms. The number of carbonyl (C=O) groups excluding carboxylic acids is 3. The number of carbonyl (C=O) groups is 3. The first-order chi connectivity index (χ1) is 14.0. The number of benzene rings is 2. The number of imide groups is 1. The van der Waals surface area contributed by atoms with E-state index >= 15 is 0 Å². The molecule has 4 rings (SSSR count). The van der Waals surface area contributed by atoms with Gasteiger partial charge in [0.2, 0.25) is 11.8 Å². The van der Waals surface area contributed by atoms with E-state index in [1.807, 2.05) is 31.2 Å². The van der Waals surface area contributed by atoms with Crippen LogP contribution >= 0.6 is 0 Å². The summed E-state index contributed by atoms with van der Waals surface area (Å²) in [6.45, 7) is 2.18. The van der Waals surface area contributed by atoms with Crippen LogP contribution in [-0.2, 0) is 4.79 Å². The summed E-state index contributed by atoms with van der Waals surface area (Å²) < 4.78 is 5.18. The van der Waals surface area contributed by atoms with E-state index in [9.17, 15) is 14.4 Å². The first kappa shape index (κ1) is 18.6. The highest BCUT2D eigenvalue weighted by Crippen LogP contribution is 2.28. The number of hydrogen-bond acceptors (Lipinski definition) is 5. The first-order valence-electron chi connectivity index (χ1n) is 9.31. The number of aryl methyl sites for hydroxylation is 1. The summed E-state index contributed by atoms with van der Waals surface area (Å²) in [5.74, 6) is -0.628. The quantitative estimate of drug-likeness (QED) is 0.650. The first-order valence-corrected chi connectivity index (χ1v) is 9.31. The Morgan fingerprint density at radius 2 is 1.66 bits per heavy atom. The molecular formula is C22H19N3O4. The van der Waals surface area contributed by atoms with Gasteiger partial charge in [-0.25, -0.2) is 0 Å². The molecule has 0 fully saturated rings. The van der Waals surface area contributed by atoms with Crippen molar-refractivity contribution in [2.24, 2.45) is 0 Å². The van der Waals surface area contributed by atoms with E-state index in [0.717, 1.165) is 11.1 Å². The maximum absolute atomic E-state index is 12.3. The number of nitrogens with one attached hydrogen (secondary N) is 1. The molecule has 0 spiro atoms. The smallest absolute Gasteiger partial charge is 0.261 e. The molecule has 1 aliphatic rings. The largest absolute Gasteiger partial charge is 0.338 e. The number of fused-ring (bicyclic) bond motifs is 1. The molecule has 3 amide bonds. The average Bonchev–Trinajstić information content (AvgIpc) is 3.27. The van der Waals surface area contributed by atoms with Gasteiger partial charge in [-0.2, -0.15) is 0 Å². The van der Waals surface area contributed by atoms with Crippen LogP contribution in [0, 0.1) is 6.92 Å². The van der Waals surface area contributed by atoms with E-state index in [1.165, 1.54) is 4.90 Å². The molecule has 2 heterocycles. The topological polar surface area (TPSA) is 92.5 Å². The number of rotatable bonds is 6. The fraction of sp³-hybridized carbons (Fsp3) is 0.182. The molecule has 146 valence electrons. The maximum atomic E-state index is 12.3. The van der Waals surface area contributed by atoms with Crippen LogP contribution in [0.4, 0.5) is 5.88 Å². The second-order valence-electron chi connectivity index (χ2n) is 6.89. The van der Waals surface area contributed by atoms with Crippen LogP contribution in [0.1, 0.15) is 39.1 Å². The van der Waals surface area contributed by atoms with Gasteiger partial charge in [-0.05, 0) is 31.0 Å². The van der Waals surface area contributed by atoms with Crippen molar-refractivity contribution in [3.05, 3.63) is 71.4 Å². The predicted molar refractivity (Wildman–Crippen MR) is 106 cm³/mol. The summed E-state index contributed by atoms with van der Waals surface area (Å²) in [4.78, 5) is 38.2. The maximum Gasteiger partial charge on any atom is 0.261 e. The van der Waals surface area contributed by atoms with Crippen molar-refractivity contribution < 1.29 is 18.9 Å². The van der Waals surface area contributed by atoms with Gasteiger partial charge in [0.05, 0.1) is 22.9 Å². The van der Waals surface area contributed by atoms with Gasteiger partial charge in [0.15, 0.2) is 0 Å². The lowest BCUT2D eigenvalue weighted by atomic mass is 10.1. The van der Waals surface area contributed by atoms with Gasteiger partial charge in [0.25, 0.3) is 11.8 Å². The van der Waals surface area contributed by atoms with Crippen LogP contribution in [-0.4, -0.2) is 34.3 Å². The van der Waals surface area contributed by atoms with E-state index < -0.39 is 0 Å². The summed E-state index contributed by atoms with van der Waals surface area (Å²) >= 11 is 0. The molecule has 29 heavy (non-hydrogen) atoms. The van der Waals surface area contributed by atoms with Crippen molar-refractivity contribution in [3.8, 4) is 11.1 Å². The van der Waals surface area contributed by atoms with Crippen molar-refractivity contribution in [1.82, 2.24) is 10.1 Å². The third kappa shape index (κ3) is 3.67. The normalized spacial score (nSPS) is 12.9. The van der Waals surface area contributed by atoms with Crippen molar-refractivity contribution in [1.29, 1.82) is 0 Å². The Hall–Kier alpha value is -3.74. The zero-order valence-corrected chi connectivity index (χ0v) is 15.8. The fourth-order valence-corrected chi connectivity index (χ4v) is 3.30. The molecule has 0 radical (unpaired) electrons. The molecule has 2 aromatic carbocycles. The van der Waals surface area contributed by atoms with Crippen LogP contribution in [0.5, 0.6) is 0 Å². The second-order valence-corrected chi connectivity index (χ2v) is 6.89. The summed E-state index contributed by atoms with van der Waals surface area (Å²) in [7, 11) is 0. The van der Waals surface area contributed by atoms with Gasteiger partial charge in [0, 0.05) is 13.0 Å². The number of aromatic nitrogens is 1. The highest BCUT2D eigenvalue weighted by molar-refractivity contribution is 6.21. The zero-order chi connectivity index (χ0) is 20.4. The minimum absolute atomic E-state index is 0.140. The Bertz CT molecular complexity index is 1050. The van der Waals surface area contributed by atoms with Crippen LogP contribution in [0.3, 0.4) is 0 Å². The molecule has 1 N–H and O–H groups in total. The van der Waals surface area contributed by atoms with Gasteiger partial charge in [0.1, 0.15) is 0 Å². The third-order valence-electron chi connectivity index (χ3n) is 4.85. The second kappa shape index (κ2) is 7.71. The third-order valence-corrected chi connectivity index (χ3v) is 4.85. The Morgan fingerprint density at radius 1 is 1.00 bits per heavy atom. The Labute approximate surface area is 167 Å². The predicted octanol–water partition coefficient (Wildman–Crippen LogP) is 3.66. The van der Waals surface area contributed by atoms with E-state index in [0.29, 0.717) is 23.1 Å². The Morgan fingerprint density at radius 3 is 2.31 bits per heavy atom. The lowest BCUT2D eigenvalue weighted by Crippen LogP contribution is -2.31. The SMILES string of the molecule is Cc1ccc(-c2cnoc2NC(=O)CCCN2C(=O)c3ccccc3C2=O)cc1. The van der Waals surface area contributed by atoms with Crippen molar-refractivity contribution >= 4 is 23.6 Å². The lowest BCUT2D eigenvalue weighted by molar-refractivity contribution is -0.116. The molecule has 3 aromatic rings. The molecule has 1 aromatic heterocycles. The fourth-order valence-electron chi connectivity index (χ4n) is 3.30. The van der Waals surface area contributed by atoms with Crippen molar-refractivity contribution in [3.63, 3.8) is 0 Å². The summed E-state index contributed by atoms with van der Waals surface area (Å²) in [5.41, 5.74) is 3.53. The van der Waals surface area contributed by atoms with Crippen LogP contribution in [0.2, 0.25) is 0 Å². The van der Waals surface area contributed by atoms with Crippen LogP contribution < -0.4 is 5.32 Å². The Kier molecular flexibility index (Phi) is 4.95. The van der Waals surface area contributed by atoms with Crippen molar-refractivity contribution in [2.75, 3.05) is 11.9 Å². The molecule has 7 heteroatoms. The lowest BCUT2D eigenvalue weighted by Gasteiger charge is -2.13. The molecule has 0 saturated carbocycles. The number of hydrogen-bond donors (Lipinski definition) is 1. The number of nitrogens with zero attached hydrogens (tertiary/aromatic N) is 2. The summed E-state index contributed by atoms with van der Waals surface area (Å²) in [5, 5.41) is 6.48. The van der Waals surface area contributed by atoms with Crippen LogP contribution in [0.15, 0.2) is 59.3 Å². The molecule has 0 aliphatic carbocycles. The monoisotopic (exact) mass is 389 g/mol. The van der Waals surface area contributed by atoms with E-state index in [2.05, 4.69) is 10.5 Å². The molecular weight excluding hydrogens is 370 g/mol. The van der Waals surface area contributed by atoms with Gasteiger partial charge >= 0.3 is 0 Å². The minimum Gasteiger partial charge on any atom is -0.338 e. The van der Waals surface area contributed by atoms with Gasteiger partial charge in [-0.3, -0.25) is 24.6 Å². The number of amides is 3. The molecule has 0 unspecified atom stereocenters. The molecule has 1 aliphatic heterocycles. The van der Waals surface area contributed by atoms with Gasteiger partial charge in [-0.1, -0.05) is 47.1 Å². The molecule has 0 saturated heterocycles. The summed E-state index contributed by atoms with van der Waals surface area (Å²) in [6, 6.07) is 14.5. The Balaban J connectivity index is 1.34. The summed E-state index contributed by atoms with van der Waals surface area (Å²) in [6.07, 6.45) is 2.05. The zero-order valence-electron chi connectivity index (χ0n) is 15.8. The molecule has 0 atom stereocenters. The van der Waals surface area contributed by atoms with Gasteiger partial charge in [-0.15, -0.1) is 0 Å². The average molecular weight is 389 g/mol. The standard InChI is InChI=1S/C22H19N3O4/c1-14-8-10-15(11-9-14)18-13-23-29-20(18)24-19(26)7-4-12-25-21(27)16-5-2-3-6-17(16)22(25)28/h2-3,5-6,8-11,13H,4,7,12H2,1H3,(H,24,26). The molecule has 7 nitrogen and oxygen atoms in total. The van der Waals surface area contributed by atoms with E-state index in [1.54, 1.807) is 30.5 Å². The highest BCUT2D eigenvalue weighted by atomic mass is 16.5. The van der Waals surface area contributed by atoms with Crippen LogP contribution in [0.25, 0.3) is 11.1 Å².